The fraction of sp³-hybridized carbons (Fsp3) is 0.211. The first-order chi connectivity index (χ1) is 11.8. The van der Waals surface area contributed by atoms with E-state index in [0.717, 1.165) is 11.1 Å². The Hall–Kier alpha value is -3.02. The van der Waals surface area contributed by atoms with Crippen LogP contribution in [-0.2, 0) is 0 Å². The van der Waals surface area contributed by atoms with Gasteiger partial charge in [0.05, 0.1) is 11.1 Å². The molecule has 1 N–H and O–H groups in total. The van der Waals surface area contributed by atoms with Crippen LogP contribution in [0.15, 0.2) is 28.8 Å². The average molecular weight is 340 g/mol. The van der Waals surface area contributed by atoms with Crippen molar-refractivity contribution in [3.63, 3.8) is 0 Å². The predicted octanol–water partition coefficient (Wildman–Crippen LogP) is 4.47. The zero-order valence-electron chi connectivity index (χ0n) is 14.3. The Bertz CT molecular complexity index is 966. The van der Waals surface area contributed by atoms with Crippen LogP contribution in [-0.4, -0.2) is 21.2 Å². The molecule has 1 heterocycles. The van der Waals surface area contributed by atoms with Crippen molar-refractivity contribution >= 4 is 5.97 Å². The lowest BCUT2D eigenvalue weighted by molar-refractivity contribution is 0.0696. The van der Waals surface area contributed by atoms with Crippen LogP contribution in [0.25, 0.3) is 22.8 Å². The minimum absolute atomic E-state index is 0.0780. The highest BCUT2D eigenvalue weighted by Gasteiger charge is 2.20. The fourth-order valence-corrected chi connectivity index (χ4v) is 2.74. The van der Waals surface area contributed by atoms with Gasteiger partial charge >= 0.3 is 5.97 Å². The van der Waals surface area contributed by atoms with Crippen LogP contribution in [0.3, 0.4) is 0 Å². The topological polar surface area (TPSA) is 76.2 Å². The van der Waals surface area contributed by atoms with Gasteiger partial charge in [0.1, 0.15) is 5.82 Å². The molecule has 0 radical (unpaired) electrons. The average Bonchev–Trinajstić information content (AvgIpc) is 3.03. The largest absolute Gasteiger partial charge is 0.478 e. The number of carboxylic acid groups (broad SMARTS) is 1. The second-order valence-electron chi connectivity index (χ2n) is 6.08. The molecule has 0 atom stereocenters. The van der Waals surface area contributed by atoms with Gasteiger partial charge in [0.25, 0.3) is 5.89 Å². The van der Waals surface area contributed by atoms with Crippen molar-refractivity contribution in [1.82, 2.24) is 10.1 Å². The Morgan fingerprint density at radius 1 is 1.08 bits per heavy atom. The fourth-order valence-electron chi connectivity index (χ4n) is 2.74. The highest BCUT2D eigenvalue weighted by molar-refractivity contribution is 5.90. The molecular formula is C19H17FN2O3. The molecular weight excluding hydrogens is 323 g/mol. The second-order valence-corrected chi connectivity index (χ2v) is 6.08. The maximum atomic E-state index is 14.6. The van der Waals surface area contributed by atoms with Gasteiger partial charge in [0.2, 0.25) is 5.82 Å². The van der Waals surface area contributed by atoms with E-state index in [0.29, 0.717) is 16.7 Å². The Morgan fingerprint density at radius 2 is 1.80 bits per heavy atom. The maximum Gasteiger partial charge on any atom is 0.335 e. The molecule has 0 aliphatic heterocycles. The van der Waals surface area contributed by atoms with E-state index in [1.165, 1.54) is 6.07 Å². The van der Waals surface area contributed by atoms with Gasteiger partial charge in [-0.05, 0) is 56.0 Å². The summed E-state index contributed by atoms with van der Waals surface area (Å²) in [6.07, 6.45) is 0. The number of rotatable bonds is 3. The normalized spacial score (nSPS) is 10.9. The summed E-state index contributed by atoms with van der Waals surface area (Å²) in [5, 5.41) is 13.1. The quantitative estimate of drug-likeness (QED) is 0.761. The van der Waals surface area contributed by atoms with Gasteiger partial charge in [-0.25, -0.2) is 9.18 Å². The minimum Gasteiger partial charge on any atom is -0.478 e. The molecule has 1 aromatic heterocycles. The van der Waals surface area contributed by atoms with Gasteiger partial charge in [-0.15, -0.1) is 0 Å². The maximum absolute atomic E-state index is 14.6. The van der Waals surface area contributed by atoms with E-state index in [9.17, 15) is 14.3 Å². The summed E-state index contributed by atoms with van der Waals surface area (Å²) in [6, 6.07) is 6.64. The molecule has 3 rings (SSSR count). The standard InChI is InChI=1S/C19H17FN2O3/c1-9-5-6-13(8-14(9)19(23)24)17-21-18(25-22-17)15-12(4)10(2)7-11(3)16(15)20/h5-8H,1-4H3,(H,23,24). The first kappa shape index (κ1) is 16.8. The highest BCUT2D eigenvalue weighted by atomic mass is 19.1. The highest BCUT2D eigenvalue weighted by Crippen LogP contribution is 2.31. The smallest absolute Gasteiger partial charge is 0.335 e. The molecule has 0 amide bonds. The number of hydrogen-bond acceptors (Lipinski definition) is 4. The van der Waals surface area contributed by atoms with E-state index in [4.69, 9.17) is 4.52 Å². The van der Waals surface area contributed by atoms with Crippen molar-refractivity contribution < 1.29 is 18.8 Å². The van der Waals surface area contributed by atoms with E-state index in [1.54, 1.807) is 39.0 Å². The Morgan fingerprint density at radius 3 is 2.48 bits per heavy atom. The Balaban J connectivity index is 2.11. The monoisotopic (exact) mass is 340 g/mol. The molecule has 0 saturated heterocycles. The zero-order chi connectivity index (χ0) is 18.3. The first-order valence-electron chi connectivity index (χ1n) is 7.74. The lowest BCUT2D eigenvalue weighted by Gasteiger charge is -2.09. The van der Waals surface area contributed by atoms with Crippen molar-refractivity contribution in [1.29, 1.82) is 0 Å². The first-order valence-corrected chi connectivity index (χ1v) is 7.74. The van der Waals surface area contributed by atoms with Gasteiger partial charge in [0.15, 0.2) is 0 Å². The summed E-state index contributed by atoms with van der Waals surface area (Å²) in [7, 11) is 0. The van der Waals surface area contributed by atoms with Crippen molar-refractivity contribution in [3.8, 4) is 22.8 Å². The predicted molar refractivity (Wildman–Crippen MR) is 91.0 cm³/mol. The van der Waals surface area contributed by atoms with E-state index < -0.39 is 11.8 Å². The summed E-state index contributed by atoms with van der Waals surface area (Å²) < 4.78 is 19.8. The van der Waals surface area contributed by atoms with Crippen LogP contribution in [0.1, 0.15) is 32.6 Å². The summed E-state index contributed by atoms with van der Waals surface area (Å²) >= 11 is 0. The molecule has 0 bridgehead atoms. The van der Waals surface area contributed by atoms with E-state index in [-0.39, 0.29) is 22.8 Å². The number of carbonyl (C=O) groups is 1. The minimum atomic E-state index is -1.03. The van der Waals surface area contributed by atoms with Gasteiger partial charge < -0.3 is 9.63 Å². The van der Waals surface area contributed by atoms with Crippen LogP contribution in [0.4, 0.5) is 4.39 Å². The number of halogens is 1. The van der Waals surface area contributed by atoms with Gasteiger partial charge in [0, 0.05) is 5.56 Å². The molecule has 3 aromatic rings. The Kier molecular flexibility index (Phi) is 4.12. The lowest BCUT2D eigenvalue weighted by Crippen LogP contribution is -2.00. The molecule has 2 aromatic carbocycles. The number of carboxylic acids is 1. The van der Waals surface area contributed by atoms with E-state index >= 15 is 0 Å². The number of nitrogens with zero attached hydrogens (tertiary/aromatic N) is 2. The van der Waals surface area contributed by atoms with E-state index in [2.05, 4.69) is 10.1 Å². The van der Waals surface area contributed by atoms with Crippen molar-refractivity contribution in [2.24, 2.45) is 0 Å². The molecule has 25 heavy (non-hydrogen) atoms. The molecule has 0 saturated carbocycles. The molecule has 0 unspecified atom stereocenters. The van der Waals surface area contributed by atoms with Gasteiger partial charge in [-0.3, -0.25) is 0 Å². The van der Waals surface area contributed by atoms with Crippen LogP contribution >= 0.6 is 0 Å². The third-order valence-corrected chi connectivity index (χ3v) is 4.33. The van der Waals surface area contributed by atoms with Gasteiger partial charge in [-0.1, -0.05) is 23.4 Å². The van der Waals surface area contributed by atoms with Crippen LogP contribution in [0, 0.1) is 33.5 Å². The van der Waals surface area contributed by atoms with Crippen molar-refractivity contribution in [2.75, 3.05) is 0 Å². The lowest BCUT2D eigenvalue weighted by atomic mass is 9.99. The number of aromatic carboxylic acids is 1. The van der Waals surface area contributed by atoms with Crippen LogP contribution < -0.4 is 0 Å². The third-order valence-electron chi connectivity index (χ3n) is 4.33. The molecule has 0 aliphatic rings. The Labute approximate surface area is 144 Å². The van der Waals surface area contributed by atoms with Crippen LogP contribution in [0.5, 0.6) is 0 Å². The van der Waals surface area contributed by atoms with E-state index in [1.807, 2.05) is 6.92 Å². The van der Waals surface area contributed by atoms with Crippen LogP contribution in [0.2, 0.25) is 0 Å². The number of aryl methyl sites for hydroxylation is 3. The van der Waals surface area contributed by atoms with Crippen molar-refractivity contribution in [3.05, 3.63) is 57.9 Å². The molecule has 128 valence electrons. The number of hydrogen-bond donors (Lipinski definition) is 1. The summed E-state index contributed by atoms with van der Waals surface area (Å²) in [5.41, 5.74) is 3.74. The van der Waals surface area contributed by atoms with Gasteiger partial charge in [-0.2, -0.15) is 4.98 Å². The molecule has 5 nitrogen and oxygen atoms in total. The number of benzene rings is 2. The molecule has 6 heteroatoms. The zero-order valence-corrected chi connectivity index (χ0v) is 14.3. The summed E-state index contributed by atoms with van der Waals surface area (Å²) in [5.74, 6) is -1.13. The second kappa shape index (κ2) is 6.12. The third kappa shape index (κ3) is 2.91. The number of aromatic nitrogens is 2. The van der Waals surface area contributed by atoms with Crippen molar-refractivity contribution in [2.45, 2.75) is 27.7 Å². The SMILES string of the molecule is Cc1ccc(-c2noc(-c3c(C)c(C)cc(C)c3F)n2)cc1C(=O)O. The molecule has 0 fully saturated rings. The molecule has 0 aliphatic carbocycles. The summed E-state index contributed by atoms with van der Waals surface area (Å²) in [4.78, 5) is 15.6. The molecule has 0 spiro atoms. The summed E-state index contributed by atoms with van der Waals surface area (Å²) in [6.45, 7) is 7.08.